The van der Waals surface area contributed by atoms with Crippen LogP contribution in [-0.2, 0) is 5.41 Å². The summed E-state index contributed by atoms with van der Waals surface area (Å²) in [6, 6.07) is 5.76. The zero-order valence-electron chi connectivity index (χ0n) is 16.6. The molecule has 1 unspecified atom stereocenters. The van der Waals surface area contributed by atoms with Gasteiger partial charge >= 0.3 is 0 Å². The lowest BCUT2D eigenvalue weighted by Gasteiger charge is -2.45. The van der Waals surface area contributed by atoms with Crippen LogP contribution >= 0.6 is 11.6 Å². The van der Waals surface area contributed by atoms with Crippen molar-refractivity contribution in [2.24, 2.45) is 0 Å². The number of hydrogen-bond donors (Lipinski definition) is 0. The highest BCUT2D eigenvalue weighted by Crippen LogP contribution is 2.57. The predicted octanol–water partition coefficient (Wildman–Crippen LogP) is 4.69. The number of hydrogen-bond acceptors (Lipinski definition) is 7. The number of ether oxygens (including phenoxy) is 2. The summed E-state index contributed by atoms with van der Waals surface area (Å²) < 4.78 is 11.8. The van der Waals surface area contributed by atoms with Gasteiger partial charge in [-0.15, -0.1) is 0 Å². The summed E-state index contributed by atoms with van der Waals surface area (Å²) in [5, 5.41) is 22.7. The highest BCUT2D eigenvalue weighted by Gasteiger charge is 2.58. The third-order valence-corrected chi connectivity index (χ3v) is 6.24. The Morgan fingerprint density at radius 3 is 2.43 bits per heavy atom. The fraction of sp³-hybridized carbons (Fsp3) is 0.300. The van der Waals surface area contributed by atoms with Crippen LogP contribution in [0.25, 0.3) is 6.08 Å². The van der Waals surface area contributed by atoms with Gasteiger partial charge in [-0.3, -0.25) is 20.2 Å². The zero-order chi connectivity index (χ0) is 22.0. The highest BCUT2D eigenvalue weighted by molar-refractivity contribution is 6.33. The second-order valence-electron chi connectivity index (χ2n) is 7.72. The van der Waals surface area contributed by atoms with Crippen molar-refractivity contribution in [1.29, 1.82) is 0 Å². The Morgan fingerprint density at radius 2 is 1.83 bits per heavy atom. The molecule has 2 heterocycles. The Balaban J connectivity index is 1.90. The molecule has 0 saturated carbocycles. The molecular weight excluding hydrogens is 414 g/mol. The quantitative estimate of drug-likeness (QED) is 0.512. The molecule has 4 rings (SSSR count). The van der Waals surface area contributed by atoms with Gasteiger partial charge in [0.1, 0.15) is 5.02 Å². The minimum atomic E-state index is -1.05. The van der Waals surface area contributed by atoms with E-state index in [1.54, 1.807) is 25.3 Å². The molecule has 2 aromatic rings. The van der Waals surface area contributed by atoms with E-state index < -0.39 is 21.0 Å². The van der Waals surface area contributed by atoms with Gasteiger partial charge in [-0.2, -0.15) is 0 Å². The van der Waals surface area contributed by atoms with Crippen LogP contribution in [0.15, 0.2) is 30.3 Å². The molecule has 0 aromatic heterocycles. The highest BCUT2D eigenvalue weighted by atomic mass is 35.5. The first-order chi connectivity index (χ1) is 14.0. The van der Waals surface area contributed by atoms with Gasteiger partial charge in [-0.25, -0.2) is 0 Å². The van der Waals surface area contributed by atoms with Crippen LogP contribution in [0.3, 0.4) is 0 Å². The third kappa shape index (κ3) is 2.48. The van der Waals surface area contributed by atoms with Crippen LogP contribution in [0.2, 0.25) is 5.02 Å². The minimum Gasteiger partial charge on any atom is -0.493 e. The molecule has 0 radical (unpaired) electrons. The summed E-state index contributed by atoms with van der Waals surface area (Å²) >= 11 is 6.18. The standard InChI is InChI=1S/C20H18ClN3O6/c1-19(2)13-9-14(21)16(24(27)28)10-15(13)22(3)20(19)6-5-11-7-12(23(25)26)8-17(29-4)18(11)30-20/h5-10H,1-4H3. The molecule has 0 saturated heterocycles. The number of nitro benzene ring substituents is 2. The van der Waals surface area contributed by atoms with Crippen LogP contribution in [0.1, 0.15) is 25.0 Å². The van der Waals surface area contributed by atoms with E-state index in [2.05, 4.69) is 0 Å². The number of methoxy groups -OCH3 is 1. The Labute approximate surface area is 176 Å². The predicted molar refractivity (Wildman–Crippen MR) is 112 cm³/mol. The maximum atomic E-state index is 11.4. The second-order valence-corrected chi connectivity index (χ2v) is 8.12. The van der Waals surface area contributed by atoms with Crippen molar-refractivity contribution in [2.45, 2.75) is 25.0 Å². The molecule has 0 amide bonds. The summed E-state index contributed by atoms with van der Waals surface area (Å²) in [5.74, 6) is 0.589. The average molecular weight is 432 g/mol. The van der Waals surface area contributed by atoms with Crippen LogP contribution in [-0.4, -0.2) is 29.7 Å². The van der Waals surface area contributed by atoms with E-state index in [1.807, 2.05) is 18.7 Å². The molecule has 2 aliphatic rings. The number of anilines is 1. The van der Waals surface area contributed by atoms with E-state index in [1.165, 1.54) is 25.3 Å². The van der Waals surface area contributed by atoms with Crippen molar-refractivity contribution < 1.29 is 19.3 Å². The molecule has 10 heteroatoms. The van der Waals surface area contributed by atoms with Crippen molar-refractivity contribution in [1.82, 2.24) is 0 Å². The number of non-ortho nitro benzene ring substituents is 1. The minimum absolute atomic E-state index is 0.0469. The maximum absolute atomic E-state index is 11.4. The van der Waals surface area contributed by atoms with E-state index in [0.717, 1.165) is 5.56 Å². The Hall–Kier alpha value is -3.33. The molecule has 0 N–H and O–H groups in total. The number of rotatable bonds is 3. The van der Waals surface area contributed by atoms with E-state index in [9.17, 15) is 20.2 Å². The first-order valence-electron chi connectivity index (χ1n) is 9.00. The molecule has 1 spiro atoms. The fourth-order valence-electron chi connectivity index (χ4n) is 4.27. The van der Waals surface area contributed by atoms with Gasteiger partial charge in [0.25, 0.3) is 11.4 Å². The monoisotopic (exact) mass is 431 g/mol. The van der Waals surface area contributed by atoms with Gasteiger partial charge in [0, 0.05) is 24.7 Å². The lowest BCUT2D eigenvalue weighted by Crippen LogP contribution is -2.58. The molecule has 1 atom stereocenters. The van der Waals surface area contributed by atoms with Gasteiger partial charge in [0.15, 0.2) is 11.5 Å². The van der Waals surface area contributed by atoms with E-state index in [-0.39, 0.29) is 22.1 Å². The first-order valence-corrected chi connectivity index (χ1v) is 9.38. The SMILES string of the molecule is COc1cc([N+](=O)[O-])cc2c1OC1(C=C2)N(C)c2cc([N+](=O)[O-])c(Cl)cc2C1(C)C. The van der Waals surface area contributed by atoms with E-state index in [4.69, 9.17) is 21.1 Å². The van der Waals surface area contributed by atoms with Crippen LogP contribution in [0.5, 0.6) is 11.5 Å². The topological polar surface area (TPSA) is 108 Å². The molecule has 0 bridgehead atoms. The molecule has 9 nitrogen and oxygen atoms in total. The first kappa shape index (κ1) is 20.0. The lowest BCUT2D eigenvalue weighted by molar-refractivity contribution is -0.385. The van der Waals surface area contributed by atoms with Gasteiger partial charge < -0.3 is 14.4 Å². The fourth-order valence-corrected chi connectivity index (χ4v) is 4.50. The summed E-state index contributed by atoms with van der Waals surface area (Å²) in [5.41, 5.74) is -0.111. The molecule has 0 fully saturated rings. The molecule has 30 heavy (non-hydrogen) atoms. The molecule has 156 valence electrons. The number of likely N-dealkylation sites (N-methyl/N-ethyl adjacent to an activating group) is 1. The van der Waals surface area contributed by atoms with Crippen molar-refractivity contribution >= 4 is 34.7 Å². The maximum Gasteiger partial charge on any atom is 0.289 e. The largest absolute Gasteiger partial charge is 0.493 e. The second kappa shape index (κ2) is 6.33. The summed E-state index contributed by atoms with van der Waals surface area (Å²) in [6.45, 7) is 3.90. The molecule has 0 aliphatic carbocycles. The number of halogens is 1. The Bertz CT molecular complexity index is 1150. The average Bonchev–Trinajstić information content (AvgIpc) is 2.84. The summed E-state index contributed by atoms with van der Waals surface area (Å²) in [4.78, 5) is 23.4. The number of nitrogens with zero attached hydrogens (tertiary/aromatic N) is 3. The summed E-state index contributed by atoms with van der Waals surface area (Å²) in [7, 11) is 3.19. The van der Waals surface area contributed by atoms with Crippen molar-refractivity contribution in [3.8, 4) is 11.5 Å². The van der Waals surface area contributed by atoms with Gasteiger partial charge in [-0.1, -0.05) is 11.6 Å². The smallest absolute Gasteiger partial charge is 0.289 e. The Kier molecular flexibility index (Phi) is 4.21. The van der Waals surface area contributed by atoms with E-state index >= 15 is 0 Å². The third-order valence-electron chi connectivity index (χ3n) is 5.94. The molecular formula is C20H18ClN3O6. The normalized spacial score (nSPS) is 20.5. The van der Waals surface area contributed by atoms with Crippen molar-refractivity contribution in [3.63, 3.8) is 0 Å². The molecule has 2 aliphatic heterocycles. The van der Waals surface area contributed by atoms with Crippen molar-refractivity contribution in [3.05, 3.63) is 66.7 Å². The number of fused-ring (bicyclic) bond motifs is 2. The van der Waals surface area contributed by atoms with Crippen molar-refractivity contribution in [2.75, 3.05) is 19.1 Å². The zero-order valence-corrected chi connectivity index (χ0v) is 17.4. The summed E-state index contributed by atoms with van der Waals surface area (Å²) in [6.07, 6.45) is 3.55. The van der Waals surface area contributed by atoms with Gasteiger partial charge in [0.05, 0.1) is 34.1 Å². The van der Waals surface area contributed by atoms with Crippen LogP contribution < -0.4 is 14.4 Å². The lowest BCUT2D eigenvalue weighted by atomic mass is 9.76. The van der Waals surface area contributed by atoms with Crippen LogP contribution in [0, 0.1) is 20.2 Å². The van der Waals surface area contributed by atoms with Gasteiger partial charge in [-0.05, 0) is 37.6 Å². The van der Waals surface area contributed by atoms with Crippen LogP contribution in [0.4, 0.5) is 17.1 Å². The Morgan fingerprint density at radius 1 is 1.13 bits per heavy atom. The van der Waals surface area contributed by atoms with E-state index in [0.29, 0.717) is 17.0 Å². The van der Waals surface area contributed by atoms with Gasteiger partial charge in [0.2, 0.25) is 5.72 Å². The number of nitro groups is 2. The number of benzene rings is 2. The molecule has 2 aromatic carbocycles.